The lowest BCUT2D eigenvalue weighted by atomic mass is 9.77. The Balaban J connectivity index is 1.11. The molecule has 1 spiro atoms. The predicted molar refractivity (Wildman–Crippen MR) is 136 cm³/mol. The second-order valence-corrected chi connectivity index (χ2v) is 10.3. The first-order valence-electron chi connectivity index (χ1n) is 12.7. The number of esters is 1. The first kappa shape index (κ1) is 23.8. The van der Waals surface area contributed by atoms with Crippen molar-refractivity contribution in [1.29, 1.82) is 0 Å². The molecule has 2 fully saturated rings. The normalized spacial score (nSPS) is 19.9. The van der Waals surface area contributed by atoms with Gasteiger partial charge in [0.05, 0.1) is 35.9 Å². The average Bonchev–Trinajstić information content (AvgIpc) is 3.45. The second-order valence-electron chi connectivity index (χ2n) is 10.3. The van der Waals surface area contributed by atoms with E-state index in [0.29, 0.717) is 30.4 Å². The summed E-state index contributed by atoms with van der Waals surface area (Å²) in [4.78, 5) is 38.4. The first-order chi connectivity index (χ1) is 17.9. The van der Waals surface area contributed by atoms with Gasteiger partial charge in [-0.3, -0.25) is 9.69 Å². The molecule has 3 aromatic rings. The number of amides is 1. The number of carbonyl (C=O) groups excluding carboxylic acids is 2. The maximum atomic E-state index is 13.6. The highest BCUT2D eigenvalue weighted by Gasteiger charge is 2.49. The quantitative estimate of drug-likeness (QED) is 0.531. The Morgan fingerprint density at radius 1 is 1.14 bits per heavy atom. The summed E-state index contributed by atoms with van der Waals surface area (Å²) in [7, 11) is 1.58. The zero-order valence-electron chi connectivity index (χ0n) is 21.1. The Labute approximate surface area is 215 Å². The summed E-state index contributed by atoms with van der Waals surface area (Å²) in [6.07, 6.45) is 3.33. The number of cyclic esters (lactones) is 1. The standard InChI is InChI=1S/C28H30N4O5/c1-17-19(4-5-20-21(17)16-37-26(20)34)23(33)15-31-10-7-28(8-11-31)9-12-32(27(28)35)24-6-3-18-13-25(36-2)29-14-22(18)30-24/h3-6,13-14,23,33H,7-12,15-16H2,1-2H3/t23-/m0/s1. The van der Waals surface area contributed by atoms with Gasteiger partial charge in [-0.2, -0.15) is 0 Å². The molecule has 2 saturated heterocycles. The zero-order valence-corrected chi connectivity index (χ0v) is 21.1. The number of carbonyl (C=O) groups is 2. The number of hydrogen-bond donors (Lipinski definition) is 1. The fourth-order valence-electron chi connectivity index (χ4n) is 6.00. The fraction of sp³-hybridized carbons (Fsp3) is 0.429. The molecule has 1 atom stereocenters. The van der Waals surface area contributed by atoms with E-state index in [0.717, 1.165) is 59.9 Å². The van der Waals surface area contributed by atoms with Crippen molar-refractivity contribution < 1.29 is 24.2 Å². The number of aliphatic hydroxyl groups is 1. The van der Waals surface area contributed by atoms with Gasteiger partial charge in [-0.1, -0.05) is 6.07 Å². The first-order valence-corrected chi connectivity index (χ1v) is 12.7. The van der Waals surface area contributed by atoms with E-state index in [2.05, 4.69) is 9.88 Å². The topological polar surface area (TPSA) is 105 Å². The number of likely N-dealkylation sites (tertiary alicyclic amines) is 1. The minimum atomic E-state index is -0.667. The SMILES string of the molecule is COc1cc2ccc(N3CCC4(CCN(C[C@H](O)c5ccc6c(c5C)COC6=O)CC4)C3=O)nc2cn1. The number of aromatic nitrogens is 2. The van der Waals surface area contributed by atoms with Crippen LogP contribution in [0.3, 0.4) is 0 Å². The number of pyridine rings is 2. The molecule has 1 amide bonds. The maximum absolute atomic E-state index is 13.6. The van der Waals surface area contributed by atoms with Crippen LogP contribution in [-0.2, 0) is 16.1 Å². The molecule has 9 nitrogen and oxygen atoms in total. The molecule has 2 aromatic heterocycles. The number of aliphatic hydroxyl groups excluding tert-OH is 1. The van der Waals surface area contributed by atoms with Crippen LogP contribution in [0.4, 0.5) is 5.82 Å². The van der Waals surface area contributed by atoms with Gasteiger partial charge in [-0.25, -0.2) is 14.8 Å². The van der Waals surface area contributed by atoms with Crippen LogP contribution in [0.25, 0.3) is 10.9 Å². The Hall–Kier alpha value is -3.56. The van der Waals surface area contributed by atoms with E-state index in [1.54, 1.807) is 19.4 Å². The van der Waals surface area contributed by atoms with Crippen molar-refractivity contribution in [2.45, 2.75) is 38.9 Å². The largest absolute Gasteiger partial charge is 0.481 e. The molecular weight excluding hydrogens is 472 g/mol. The zero-order chi connectivity index (χ0) is 25.7. The van der Waals surface area contributed by atoms with Crippen LogP contribution in [0.15, 0.2) is 36.5 Å². The van der Waals surface area contributed by atoms with Crippen molar-refractivity contribution in [3.63, 3.8) is 0 Å². The van der Waals surface area contributed by atoms with Gasteiger partial charge in [0.15, 0.2) is 0 Å². The van der Waals surface area contributed by atoms with Crippen LogP contribution in [0.2, 0.25) is 0 Å². The van der Waals surface area contributed by atoms with Crippen LogP contribution < -0.4 is 9.64 Å². The van der Waals surface area contributed by atoms with Gasteiger partial charge in [0, 0.05) is 30.1 Å². The number of benzene rings is 1. The molecule has 3 aliphatic heterocycles. The Bertz CT molecular complexity index is 1400. The van der Waals surface area contributed by atoms with Crippen molar-refractivity contribution in [3.05, 3.63) is 58.8 Å². The lowest BCUT2D eigenvalue weighted by Gasteiger charge is -2.38. The molecule has 0 aliphatic carbocycles. The number of fused-ring (bicyclic) bond motifs is 2. The molecule has 0 saturated carbocycles. The lowest BCUT2D eigenvalue weighted by Crippen LogP contribution is -2.45. The van der Waals surface area contributed by atoms with Gasteiger partial charge < -0.3 is 19.5 Å². The Morgan fingerprint density at radius 3 is 2.70 bits per heavy atom. The van der Waals surface area contributed by atoms with Gasteiger partial charge in [0.1, 0.15) is 12.4 Å². The molecule has 3 aliphatic rings. The van der Waals surface area contributed by atoms with Gasteiger partial charge in [0.2, 0.25) is 11.8 Å². The maximum Gasteiger partial charge on any atom is 0.338 e. The molecule has 192 valence electrons. The number of hydrogen-bond acceptors (Lipinski definition) is 8. The molecular formula is C28H30N4O5. The molecule has 6 rings (SSSR count). The number of rotatable bonds is 5. The van der Waals surface area contributed by atoms with Gasteiger partial charge in [0.25, 0.3) is 0 Å². The van der Waals surface area contributed by atoms with Crippen molar-refractivity contribution in [2.75, 3.05) is 38.2 Å². The third kappa shape index (κ3) is 4.02. The van der Waals surface area contributed by atoms with E-state index in [9.17, 15) is 14.7 Å². The molecule has 5 heterocycles. The Kier molecular flexibility index (Phi) is 5.84. The van der Waals surface area contributed by atoms with E-state index in [1.807, 2.05) is 36.1 Å². The van der Waals surface area contributed by atoms with E-state index < -0.39 is 6.10 Å². The summed E-state index contributed by atoms with van der Waals surface area (Å²) in [5.74, 6) is 1.03. The van der Waals surface area contributed by atoms with Crippen LogP contribution in [0.1, 0.15) is 52.4 Å². The number of methoxy groups -OCH3 is 1. The third-order valence-corrected chi connectivity index (χ3v) is 8.35. The molecule has 0 bridgehead atoms. The van der Waals surface area contributed by atoms with E-state index in [4.69, 9.17) is 14.5 Å². The number of ether oxygens (including phenoxy) is 2. The summed E-state index contributed by atoms with van der Waals surface area (Å²) >= 11 is 0. The number of piperidine rings is 1. The molecule has 1 aromatic carbocycles. The molecule has 37 heavy (non-hydrogen) atoms. The van der Waals surface area contributed by atoms with Crippen LogP contribution in [-0.4, -0.2) is 65.1 Å². The summed E-state index contributed by atoms with van der Waals surface area (Å²) in [6, 6.07) is 9.26. The van der Waals surface area contributed by atoms with Crippen LogP contribution in [0.5, 0.6) is 5.88 Å². The number of nitrogens with zero attached hydrogens (tertiary/aromatic N) is 4. The summed E-state index contributed by atoms with van der Waals surface area (Å²) in [5.41, 5.74) is 3.56. The monoisotopic (exact) mass is 502 g/mol. The van der Waals surface area contributed by atoms with E-state index in [-0.39, 0.29) is 23.9 Å². The van der Waals surface area contributed by atoms with Crippen molar-refractivity contribution >= 4 is 28.6 Å². The highest BCUT2D eigenvalue weighted by Crippen LogP contribution is 2.43. The number of anilines is 1. The van der Waals surface area contributed by atoms with Crippen LogP contribution >= 0.6 is 0 Å². The highest BCUT2D eigenvalue weighted by atomic mass is 16.5. The van der Waals surface area contributed by atoms with E-state index >= 15 is 0 Å². The average molecular weight is 503 g/mol. The highest BCUT2D eigenvalue weighted by molar-refractivity contribution is 6.00. The molecule has 9 heteroatoms. The Morgan fingerprint density at radius 2 is 1.92 bits per heavy atom. The molecule has 0 radical (unpaired) electrons. The molecule has 1 N–H and O–H groups in total. The lowest BCUT2D eigenvalue weighted by molar-refractivity contribution is -0.128. The summed E-state index contributed by atoms with van der Waals surface area (Å²) in [5, 5.41) is 11.9. The van der Waals surface area contributed by atoms with Gasteiger partial charge >= 0.3 is 5.97 Å². The minimum Gasteiger partial charge on any atom is -0.481 e. The fourth-order valence-corrected chi connectivity index (χ4v) is 6.00. The van der Waals surface area contributed by atoms with Crippen LogP contribution in [0, 0.1) is 12.3 Å². The number of β-amino-alcohol motifs (C(OH)–C–C–N with tert-alkyl or cyclic N) is 1. The van der Waals surface area contributed by atoms with Gasteiger partial charge in [-0.15, -0.1) is 0 Å². The van der Waals surface area contributed by atoms with Crippen molar-refractivity contribution in [2.24, 2.45) is 5.41 Å². The predicted octanol–water partition coefficient (Wildman–Crippen LogP) is 3.17. The summed E-state index contributed by atoms with van der Waals surface area (Å²) < 4.78 is 10.3. The minimum absolute atomic E-state index is 0.139. The van der Waals surface area contributed by atoms with Crippen molar-refractivity contribution in [3.8, 4) is 5.88 Å². The van der Waals surface area contributed by atoms with Gasteiger partial charge in [-0.05, 0) is 68.6 Å². The molecule has 0 unspecified atom stereocenters. The smallest absolute Gasteiger partial charge is 0.338 e. The third-order valence-electron chi connectivity index (χ3n) is 8.35. The summed E-state index contributed by atoms with van der Waals surface area (Å²) in [6.45, 7) is 4.84. The van der Waals surface area contributed by atoms with E-state index in [1.165, 1.54) is 0 Å². The van der Waals surface area contributed by atoms with Crippen molar-refractivity contribution in [1.82, 2.24) is 14.9 Å². The second kappa shape index (κ2) is 9.08.